The molecular weight excluding hydrogens is 383 g/mol. The summed E-state index contributed by atoms with van der Waals surface area (Å²) in [5.74, 6) is 0.460. The zero-order chi connectivity index (χ0) is 19.4. The first-order chi connectivity index (χ1) is 12.8. The van der Waals surface area contributed by atoms with Crippen LogP contribution in [0.4, 0.5) is 23.7 Å². The fourth-order valence-corrected chi connectivity index (χ4v) is 3.05. The molecule has 2 aromatic rings. The molecule has 1 fully saturated rings. The average molecular weight is 400 g/mol. The topological polar surface area (TPSA) is 54.5 Å². The summed E-state index contributed by atoms with van der Waals surface area (Å²) in [4.78, 5) is 17.8. The van der Waals surface area contributed by atoms with Crippen molar-refractivity contribution in [1.29, 1.82) is 0 Å². The number of benzene rings is 1. The molecule has 1 atom stereocenters. The third-order valence-corrected chi connectivity index (χ3v) is 4.45. The predicted octanol–water partition coefficient (Wildman–Crippen LogP) is 4.83. The number of rotatable bonds is 3. The van der Waals surface area contributed by atoms with E-state index in [0.717, 1.165) is 6.07 Å². The van der Waals surface area contributed by atoms with Crippen LogP contribution in [0.5, 0.6) is 5.75 Å². The number of carbonyl (C=O) groups excluding carboxylic acids is 1. The van der Waals surface area contributed by atoms with Gasteiger partial charge < -0.3 is 15.0 Å². The van der Waals surface area contributed by atoms with Gasteiger partial charge >= 0.3 is 12.2 Å². The van der Waals surface area contributed by atoms with Crippen LogP contribution in [-0.4, -0.2) is 35.1 Å². The van der Waals surface area contributed by atoms with Gasteiger partial charge in [-0.15, -0.1) is 0 Å². The van der Waals surface area contributed by atoms with Crippen LogP contribution in [0.15, 0.2) is 42.7 Å². The summed E-state index contributed by atoms with van der Waals surface area (Å²) in [5, 5.41) is 2.72. The minimum atomic E-state index is -4.55. The molecule has 2 heterocycles. The van der Waals surface area contributed by atoms with Gasteiger partial charge in [-0.05, 0) is 25.0 Å². The normalized spacial score (nSPS) is 17.5. The molecule has 1 aromatic carbocycles. The van der Waals surface area contributed by atoms with Crippen molar-refractivity contribution in [3.05, 3.63) is 53.3 Å². The van der Waals surface area contributed by atoms with E-state index >= 15 is 0 Å². The number of para-hydroxylation sites is 1. The van der Waals surface area contributed by atoms with Crippen LogP contribution in [0.25, 0.3) is 0 Å². The number of hydrogen-bond acceptors (Lipinski definition) is 3. The Kier molecular flexibility index (Phi) is 5.74. The van der Waals surface area contributed by atoms with Crippen LogP contribution in [0.3, 0.4) is 0 Å². The molecule has 1 aliphatic heterocycles. The molecule has 0 bridgehead atoms. The number of halogens is 4. The van der Waals surface area contributed by atoms with Gasteiger partial charge in [0.05, 0.1) is 17.8 Å². The molecule has 144 valence electrons. The van der Waals surface area contributed by atoms with Crippen molar-refractivity contribution in [2.24, 2.45) is 0 Å². The molecule has 5 nitrogen and oxygen atoms in total. The number of aromatic nitrogens is 1. The number of likely N-dealkylation sites (tertiary alicyclic amines) is 1. The smallest absolute Gasteiger partial charge is 0.418 e. The number of nitrogens with one attached hydrogen (secondary N) is 1. The molecule has 1 aliphatic rings. The molecule has 2 amide bonds. The highest BCUT2D eigenvalue weighted by Gasteiger charge is 2.34. The Morgan fingerprint density at radius 3 is 2.81 bits per heavy atom. The number of alkyl halides is 3. The summed E-state index contributed by atoms with van der Waals surface area (Å²) in [7, 11) is 0. The second-order valence-electron chi connectivity index (χ2n) is 6.11. The molecule has 1 saturated heterocycles. The number of pyridine rings is 1. The quantitative estimate of drug-likeness (QED) is 0.804. The van der Waals surface area contributed by atoms with Gasteiger partial charge in [0, 0.05) is 25.0 Å². The van der Waals surface area contributed by atoms with Crippen LogP contribution in [0.1, 0.15) is 18.4 Å². The molecule has 27 heavy (non-hydrogen) atoms. The lowest BCUT2D eigenvalue weighted by molar-refractivity contribution is -0.136. The maximum atomic E-state index is 13.1. The maximum absolute atomic E-state index is 13.1. The number of ether oxygens (including phenoxy) is 1. The monoisotopic (exact) mass is 399 g/mol. The Hall–Kier alpha value is -2.48. The summed E-state index contributed by atoms with van der Waals surface area (Å²) < 4.78 is 45.1. The molecule has 0 aliphatic carbocycles. The lowest BCUT2D eigenvalue weighted by Gasteiger charge is -2.33. The van der Waals surface area contributed by atoms with Gasteiger partial charge in [0.25, 0.3) is 0 Å². The Morgan fingerprint density at radius 1 is 1.30 bits per heavy atom. The molecular formula is C18H17ClF3N3O2. The molecule has 0 saturated carbocycles. The van der Waals surface area contributed by atoms with Crippen molar-refractivity contribution in [3.63, 3.8) is 0 Å². The van der Waals surface area contributed by atoms with Crippen molar-refractivity contribution < 1.29 is 22.7 Å². The third-order valence-electron chi connectivity index (χ3n) is 4.17. The van der Waals surface area contributed by atoms with E-state index in [-0.39, 0.29) is 18.3 Å². The highest BCUT2D eigenvalue weighted by atomic mass is 35.5. The molecule has 3 rings (SSSR count). The Bertz CT molecular complexity index is 816. The standard InChI is InChI=1S/C18H17ClF3N3O2/c19-14-10-23-8-7-16(14)27-12-4-3-9-25(11-12)17(26)24-15-6-2-1-5-13(15)18(20,21)22/h1-2,5-8,10,12H,3-4,9,11H2,(H,24,26). The second-order valence-corrected chi connectivity index (χ2v) is 6.51. The number of urea groups is 1. The fraction of sp³-hybridized carbons (Fsp3) is 0.333. The number of nitrogens with zero attached hydrogens (tertiary/aromatic N) is 2. The number of hydrogen-bond donors (Lipinski definition) is 1. The van der Waals surface area contributed by atoms with E-state index in [9.17, 15) is 18.0 Å². The van der Waals surface area contributed by atoms with Crippen molar-refractivity contribution in [3.8, 4) is 5.75 Å². The van der Waals surface area contributed by atoms with Crippen molar-refractivity contribution in [2.45, 2.75) is 25.1 Å². The van der Waals surface area contributed by atoms with Crippen LogP contribution in [0, 0.1) is 0 Å². The lowest BCUT2D eigenvalue weighted by Crippen LogP contribution is -2.46. The molecule has 9 heteroatoms. The molecule has 0 radical (unpaired) electrons. The van der Waals surface area contributed by atoms with E-state index in [4.69, 9.17) is 16.3 Å². The van der Waals surface area contributed by atoms with Gasteiger partial charge in [-0.2, -0.15) is 13.2 Å². The highest BCUT2D eigenvalue weighted by Crippen LogP contribution is 2.34. The van der Waals surface area contributed by atoms with Gasteiger partial charge in [0.2, 0.25) is 0 Å². The Labute approximate surface area is 159 Å². The predicted molar refractivity (Wildman–Crippen MR) is 94.9 cm³/mol. The second kappa shape index (κ2) is 8.04. The van der Waals surface area contributed by atoms with Gasteiger partial charge in [-0.3, -0.25) is 4.98 Å². The largest absolute Gasteiger partial charge is 0.487 e. The summed E-state index contributed by atoms with van der Waals surface area (Å²) >= 11 is 6.02. The van der Waals surface area contributed by atoms with E-state index < -0.39 is 17.8 Å². The molecule has 1 N–H and O–H groups in total. The molecule has 1 unspecified atom stereocenters. The first kappa shape index (κ1) is 19.3. The zero-order valence-electron chi connectivity index (χ0n) is 14.2. The summed E-state index contributed by atoms with van der Waals surface area (Å²) in [6.45, 7) is 0.683. The minimum absolute atomic E-state index is 0.249. The van der Waals surface area contributed by atoms with Crippen molar-refractivity contribution in [2.75, 3.05) is 18.4 Å². The van der Waals surface area contributed by atoms with Crippen LogP contribution in [-0.2, 0) is 6.18 Å². The van der Waals surface area contributed by atoms with Crippen LogP contribution < -0.4 is 10.1 Å². The first-order valence-corrected chi connectivity index (χ1v) is 8.70. The number of piperidine rings is 1. The van der Waals surface area contributed by atoms with Gasteiger partial charge in [-0.25, -0.2) is 4.79 Å². The van der Waals surface area contributed by atoms with E-state index in [1.54, 1.807) is 12.3 Å². The van der Waals surface area contributed by atoms with Crippen molar-refractivity contribution in [1.82, 2.24) is 9.88 Å². The summed E-state index contributed by atoms with van der Waals surface area (Å²) in [5.41, 5.74) is -1.15. The number of amides is 2. The third kappa shape index (κ3) is 4.82. The number of carbonyl (C=O) groups is 1. The molecule has 0 spiro atoms. The summed E-state index contributed by atoms with van der Waals surface area (Å²) in [6.07, 6.45) is -0.470. The van der Waals surface area contributed by atoms with Crippen molar-refractivity contribution >= 4 is 23.3 Å². The lowest BCUT2D eigenvalue weighted by atomic mass is 10.1. The summed E-state index contributed by atoms with van der Waals surface area (Å²) in [6, 6.07) is 5.92. The SMILES string of the molecule is O=C(Nc1ccccc1C(F)(F)F)N1CCCC(Oc2ccncc2Cl)C1. The van der Waals surface area contributed by atoms with Gasteiger partial charge in [0.1, 0.15) is 16.9 Å². The van der Waals surface area contributed by atoms with E-state index in [1.807, 2.05) is 0 Å². The van der Waals surface area contributed by atoms with Gasteiger partial charge in [-0.1, -0.05) is 23.7 Å². The highest BCUT2D eigenvalue weighted by molar-refractivity contribution is 6.31. The Balaban J connectivity index is 1.67. The minimum Gasteiger partial charge on any atom is -0.487 e. The van der Waals surface area contributed by atoms with E-state index in [1.165, 1.54) is 29.3 Å². The molecule has 1 aromatic heterocycles. The van der Waals surface area contributed by atoms with Crippen LogP contribution >= 0.6 is 11.6 Å². The maximum Gasteiger partial charge on any atom is 0.418 e. The van der Waals surface area contributed by atoms with Crippen LogP contribution in [0.2, 0.25) is 5.02 Å². The average Bonchev–Trinajstić information content (AvgIpc) is 2.63. The van der Waals surface area contributed by atoms with E-state index in [0.29, 0.717) is 30.2 Å². The Morgan fingerprint density at radius 2 is 2.07 bits per heavy atom. The van der Waals surface area contributed by atoms with Gasteiger partial charge in [0.15, 0.2) is 0 Å². The number of anilines is 1. The zero-order valence-corrected chi connectivity index (χ0v) is 14.9. The fourth-order valence-electron chi connectivity index (χ4n) is 2.89. The first-order valence-electron chi connectivity index (χ1n) is 8.33. The van der Waals surface area contributed by atoms with E-state index in [2.05, 4.69) is 10.3 Å².